The van der Waals surface area contributed by atoms with Crippen LogP contribution in [0.2, 0.25) is 0 Å². The molecule has 4 aromatic carbocycles. The molecule has 0 unspecified atom stereocenters. The van der Waals surface area contributed by atoms with Gasteiger partial charge >= 0.3 is 11.9 Å². The third-order valence-electron chi connectivity index (χ3n) is 7.74. The van der Waals surface area contributed by atoms with E-state index in [9.17, 15) is 43.1 Å². The van der Waals surface area contributed by atoms with Crippen LogP contribution in [0.1, 0.15) is 16.7 Å². The average Bonchev–Trinajstić information content (AvgIpc) is 3.53. The van der Waals surface area contributed by atoms with Crippen LogP contribution in [0.25, 0.3) is 16.7 Å². The number of aryl methyl sites for hydroxylation is 1. The van der Waals surface area contributed by atoms with E-state index in [0.717, 1.165) is 6.07 Å². The highest BCUT2D eigenvalue weighted by Gasteiger charge is 2.25. The minimum absolute atomic E-state index is 0.00313. The van der Waals surface area contributed by atoms with E-state index in [1.54, 1.807) is 55.5 Å². The molecule has 0 radical (unpaired) electrons. The third kappa shape index (κ3) is 8.28. The van der Waals surface area contributed by atoms with Crippen molar-refractivity contribution in [3.05, 3.63) is 95.6 Å². The number of pyridine rings is 1. The first-order valence-corrected chi connectivity index (χ1v) is 17.5. The number of hydrogen-bond acceptors (Lipinski definition) is 15. The fourth-order valence-corrected chi connectivity index (χ4v) is 6.04. The van der Waals surface area contributed by atoms with E-state index in [-0.39, 0.29) is 51.0 Å². The molecule has 20 heteroatoms. The molecule has 0 aliphatic heterocycles. The maximum atomic E-state index is 12.3. The number of rotatable bonds is 12. The van der Waals surface area contributed by atoms with Gasteiger partial charge in [-0.2, -0.15) is 29.0 Å². The van der Waals surface area contributed by atoms with Gasteiger partial charge in [0.25, 0.3) is 10.1 Å². The summed E-state index contributed by atoms with van der Waals surface area (Å²) in [4.78, 5) is 27.8. The molecule has 276 valence electrons. The van der Waals surface area contributed by atoms with Crippen LogP contribution in [0, 0.1) is 18.3 Å². The smallest absolute Gasteiger partial charge is 0.341 e. The molecule has 0 spiro atoms. The first kappa shape index (κ1) is 37.7. The van der Waals surface area contributed by atoms with Crippen molar-refractivity contribution >= 4 is 85.5 Å². The number of thiol groups is 1. The molecule has 4 N–H and O–H groups in total. The lowest BCUT2D eigenvalue weighted by Crippen LogP contribution is -2.09. The largest absolute Gasteiger partial charge is 0.493 e. The zero-order valence-corrected chi connectivity index (χ0v) is 29.8. The number of aliphatic carboxylic acids is 2. The minimum atomic E-state index is -4.83. The summed E-state index contributed by atoms with van der Waals surface area (Å²) in [5, 5.41) is 64.9. The first-order chi connectivity index (χ1) is 26.2. The van der Waals surface area contributed by atoms with E-state index in [4.69, 9.17) is 4.74 Å². The number of azo groups is 3. The topological polar surface area (TPSA) is 274 Å². The van der Waals surface area contributed by atoms with Gasteiger partial charge in [-0.3, -0.25) is 13.7 Å². The van der Waals surface area contributed by atoms with Crippen LogP contribution in [-0.2, 0) is 26.1 Å². The molecule has 6 aromatic rings. The zero-order chi connectivity index (χ0) is 39.4. The number of ether oxygens (including phenoxy) is 1. The molecule has 2 heterocycles. The molecule has 0 saturated heterocycles. The van der Waals surface area contributed by atoms with Crippen LogP contribution >= 0.6 is 12.6 Å². The quantitative estimate of drug-likeness (QED) is 0.0448. The lowest BCUT2D eigenvalue weighted by atomic mass is 10.0. The molecule has 0 bridgehead atoms. The second kappa shape index (κ2) is 15.5. The Labute approximate surface area is 315 Å². The van der Waals surface area contributed by atoms with Gasteiger partial charge in [0, 0.05) is 16.5 Å². The predicted molar refractivity (Wildman–Crippen MR) is 197 cm³/mol. The van der Waals surface area contributed by atoms with Crippen LogP contribution in [0.15, 0.2) is 119 Å². The molecule has 0 amide bonds. The van der Waals surface area contributed by atoms with Crippen molar-refractivity contribution in [2.75, 3.05) is 6.61 Å². The third-order valence-corrected chi connectivity index (χ3v) is 8.92. The first-order valence-electron chi connectivity index (χ1n) is 15.7. The summed E-state index contributed by atoms with van der Waals surface area (Å²) in [6.07, 6.45) is -0.731. The number of fused-ring (bicyclic) bond motifs is 3. The van der Waals surface area contributed by atoms with Gasteiger partial charge in [0.05, 0.1) is 34.5 Å². The lowest BCUT2D eigenvalue weighted by molar-refractivity contribution is -0.139. The standard InChI is InChI=1S/C35H25N9O9S2/c1-18-12-27(42-43-33-22(14-31(45)46)23(16-36)34-37-24-4-2-3-5-28(24)44(34)35(33)49)29(53-17-32(47)48)15-26(18)41-40-25-11-8-20(13-30(25)55(50,51)52)39-38-19-6-9-21(54)10-7-19/h2-13,15,49,54H,14,17H2,1H3,(H,45,46)(H,47,48)(H,50,51,52)/b39-38-,41-40-,43-42?. The van der Waals surface area contributed by atoms with Gasteiger partial charge in [-0.05, 0) is 73.2 Å². The van der Waals surface area contributed by atoms with Crippen molar-refractivity contribution < 1.29 is 42.6 Å². The summed E-state index contributed by atoms with van der Waals surface area (Å²) in [5.41, 5.74) is 0.695. The summed E-state index contributed by atoms with van der Waals surface area (Å²) in [5.74, 6) is -3.44. The van der Waals surface area contributed by atoms with Gasteiger partial charge in [-0.25, -0.2) is 9.78 Å². The Balaban J connectivity index is 1.41. The number of nitriles is 1. The Bertz CT molecular complexity index is 2780. The predicted octanol–water partition coefficient (Wildman–Crippen LogP) is 8.25. The van der Waals surface area contributed by atoms with Crippen LogP contribution in [0.4, 0.5) is 34.1 Å². The van der Waals surface area contributed by atoms with Crippen LogP contribution in [0.3, 0.4) is 0 Å². The van der Waals surface area contributed by atoms with E-state index >= 15 is 0 Å². The second-order valence-corrected chi connectivity index (χ2v) is 13.4. The van der Waals surface area contributed by atoms with E-state index in [1.165, 1.54) is 28.7 Å². The van der Waals surface area contributed by atoms with Crippen molar-refractivity contribution in [3.63, 3.8) is 0 Å². The fourth-order valence-electron chi connectivity index (χ4n) is 5.25. The normalized spacial score (nSPS) is 12.0. The zero-order valence-electron chi connectivity index (χ0n) is 28.1. The number of nitrogens with zero attached hydrogens (tertiary/aromatic N) is 9. The fraction of sp³-hybridized carbons (Fsp3) is 0.0857. The molecular formula is C35H25N9O9S2. The van der Waals surface area contributed by atoms with Crippen molar-refractivity contribution in [2.24, 2.45) is 30.7 Å². The summed E-state index contributed by atoms with van der Waals surface area (Å²) < 4.78 is 41.2. The highest BCUT2D eigenvalue weighted by molar-refractivity contribution is 7.86. The number of aromatic hydroxyl groups is 1. The lowest BCUT2D eigenvalue weighted by Gasteiger charge is -2.12. The monoisotopic (exact) mass is 779 g/mol. The number of hydrogen-bond donors (Lipinski definition) is 5. The molecule has 0 aliphatic carbocycles. The summed E-state index contributed by atoms with van der Waals surface area (Å²) >= 11 is 4.21. The molecular weight excluding hydrogens is 755 g/mol. The van der Waals surface area contributed by atoms with Gasteiger partial charge in [0.1, 0.15) is 33.7 Å². The van der Waals surface area contributed by atoms with Gasteiger partial charge in [0.15, 0.2) is 17.9 Å². The number of carboxylic acid groups (broad SMARTS) is 2. The molecule has 6 rings (SSSR count). The summed E-state index contributed by atoms with van der Waals surface area (Å²) in [6.45, 7) is 0.720. The molecule has 0 aliphatic rings. The Kier molecular flexibility index (Phi) is 10.6. The molecule has 0 fully saturated rings. The van der Waals surface area contributed by atoms with Crippen molar-refractivity contribution in [1.82, 2.24) is 9.38 Å². The van der Waals surface area contributed by atoms with E-state index in [1.807, 2.05) is 6.07 Å². The molecule has 0 saturated carbocycles. The SMILES string of the molecule is Cc1cc(N=Nc2c(CC(=O)O)c(C#N)c3nc4ccccc4n3c2O)c(OCC(=O)O)cc1/N=N\c1ccc(/N=N\c2ccc(S)cc2)cc1S(=O)(=O)O. The number of carboxylic acids is 2. The van der Waals surface area contributed by atoms with Gasteiger partial charge < -0.3 is 20.1 Å². The number of carbonyl (C=O) groups is 2. The molecule has 2 aromatic heterocycles. The van der Waals surface area contributed by atoms with E-state index in [2.05, 4.69) is 48.3 Å². The minimum Gasteiger partial charge on any atom is -0.493 e. The maximum absolute atomic E-state index is 12.3. The van der Waals surface area contributed by atoms with Crippen molar-refractivity contribution in [2.45, 2.75) is 23.1 Å². The molecule has 0 atom stereocenters. The van der Waals surface area contributed by atoms with Crippen LogP contribution < -0.4 is 4.74 Å². The van der Waals surface area contributed by atoms with E-state index in [0.29, 0.717) is 27.2 Å². The Hall–Kier alpha value is -7.08. The highest BCUT2D eigenvalue weighted by atomic mass is 32.2. The van der Waals surface area contributed by atoms with Gasteiger partial charge in [0.2, 0.25) is 5.88 Å². The Morgan fingerprint density at radius 3 is 2.24 bits per heavy atom. The van der Waals surface area contributed by atoms with Crippen LogP contribution in [0.5, 0.6) is 11.6 Å². The highest BCUT2D eigenvalue weighted by Crippen LogP contribution is 2.42. The number of benzene rings is 4. The number of aromatic nitrogens is 2. The number of para-hydroxylation sites is 2. The van der Waals surface area contributed by atoms with Crippen LogP contribution in [-0.4, -0.2) is 56.2 Å². The van der Waals surface area contributed by atoms with E-state index < -0.39 is 45.9 Å². The van der Waals surface area contributed by atoms with Crippen molar-refractivity contribution in [3.8, 4) is 17.7 Å². The average molecular weight is 780 g/mol. The second-order valence-electron chi connectivity index (χ2n) is 11.5. The van der Waals surface area contributed by atoms with Gasteiger partial charge in [-0.15, -0.1) is 28.0 Å². The number of imidazole rings is 1. The summed E-state index contributed by atoms with van der Waals surface area (Å²) in [6, 6.07) is 21.6. The summed E-state index contributed by atoms with van der Waals surface area (Å²) in [7, 11) is -4.83. The van der Waals surface area contributed by atoms with Gasteiger partial charge in [-0.1, -0.05) is 12.1 Å². The van der Waals surface area contributed by atoms with Crippen molar-refractivity contribution in [1.29, 1.82) is 5.26 Å². The Morgan fingerprint density at radius 1 is 0.873 bits per heavy atom. The maximum Gasteiger partial charge on any atom is 0.341 e. The molecule has 55 heavy (non-hydrogen) atoms. The molecule has 18 nitrogen and oxygen atoms in total. The Morgan fingerprint density at radius 2 is 1.55 bits per heavy atom.